The van der Waals surface area contributed by atoms with Gasteiger partial charge in [0.05, 0.1) is 5.69 Å². The largest absolute Gasteiger partial charge is 0.354 e. The molecule has 2 aromatic rings. The molecule has 0 unspecified atom stereocenters. The Hall–Kier alpha value is -1.69. The minimum absolute atomic E-state index is 0.201. The van der Waals surface area contributed by atoms with Crippen LogP contribution < -0.4 is 5.32 Å². The molecule has 0 radical (unpaired) electrons. The van der Waals surface area contributed by atoms with Crippen molar-refractivity contribution in [1.82, 2.24) is 24.5 Å². The monoisotopic (exact) mass is 292 g/mol. The van der Waals surface area contributed by atoms with Gasteiger partial charge in [-0.05, 0) is 43.7 Å². The van der Waals surface area contributed by atoms with Crippen LogP contribution in [0.15, 0.2) is 6.33 Å². The topological polar surface area (TPSA) is 68.5 Å². The second kappa shape index (κ2) is 5.75. The number of aryl methyl sites for hydroxylation is 1. The second-order valence-corrected chi connectivity index (χ2v) is 5.21. The zero-order valence-electron chi connectivity index (χ0n) is 11.4. The van der Waals surface area contributed by atoms with E-state index in [0.717, 1.165) is 31.5 Å². The summed E-state index contributed by atoms with van der Waals surface area (Å²) in [5.74, 6) is 1.05. The first-order valence-corrected chi connectivity index (χ1v) is 7.36. The summed E-state index contributed by atoms with van der Waals surface area (Å²) in [6.07, 6.45) is 7.20. The summed E-state index contributed by atoms with van der Waals surface area (Å²) in [5, 5.41) is 3.34. The molecule has 1 N–H and O–H groups in total. The van der Waals surface area contributed by atoms with E-state index in [1.165, 1.54) is 18.5 Å². The molecule has 20 heavy (non-hydrogen) atoms. The van der Waals surface area contributed by atoms with Crippen molar-refractivity contribution < 1.29 is 0 Å². The SMILES string of the molecule is CCCNc1nc(Cl)nc(-n2cnc3c2CCCC3)n1. The van der Waals surface area contributed by atoms with Gasteiger partial charge in [0.2, 0.25) is 17.2 Å². The van der Waals surface area contributed by atoms with Crippen molar-refractivity contribution in [2.45, 2.75) is 39.0 Å². The molecule has 2 aromatic heterocycles. The first-order chi connectivity index (χ1) is 9.78. The number of halogens is 1. The van der Waals surface area contributed by atoms with Crippen molar-refractivity contribution in [3.8, 4) is 5.95 Å². The molecule has 0 saturated carbocycles. The van der Waals surface area contributed by atoms with Crippen LogP contribution in [0.1, 0.15) is 37.6 Å². The molecule has 0 saturated heterocycles. The Bertz CT molecular complexity index is 609. The third-order valence-electron chi connectivity index (χ3n) is 3.38. The number of rotatable bonds is 4. The Labute approximate surface area is 122 Å². The average Bonchev–Trinajstić information content (AvgIpc) is 2.88. The summed E-state index contributed by atoms with van der Waals surface area (Å²) in [6.45, 7) is 2.89. The smallest absolute Gasteiger partial charge is 0.241 e. The number of aromatic nitrogens is 5. The Balaban J connectivity index is 1.97. The fourth-order valence-corrected chi connectivity index (χ4v) is 2.56. The molecule has 0 fully saturated rings. The van der Waals surface area contributed by atoms with Gasteiger partial charge in [-0.1, -0.05) is 6.92 Å². The van der Waals surface area contributed by atoms with Gasteiger partial charge < -0.3 is 5.32 Å². The molecule has 3 rings (SSSR count). The van der Waals surface area contributed by atoms with E-state index in [2.05, 4.69) is 32.2 Å². The molecule has 0 bridgehead atoms. The zero-order chi connectivity index (χ0) is 13.9. The Morgan fingerprint density at radius 2 is 2.10 bits per heavy atom. The van der Waals surface area contributed by atoms with Gasteiger partial charge in [-0.15, -0.1) is 0 Å². The quantitative estimate of drug-likeness (QED) is 0.937. The highest BCUT2D eigenvalue weighted by molar-refractivity contribution is 6.28. The predicted molar refractivity (Wildman–Crippen MR) is 77.4 cm³/mol. The van der Waals surface area contributed by atoms with Gasteiger partial charge in [0.15, 0.2) is 0 Å². The van der Waals surface area contributed by atoms with Gasteiger partial charge in [0, 0.05) is 12.2 Å². The van der Waals surface area contributed by atoms with Crippen molar-refractivity contribution in [3.05, 3.63) is 23.0 Å². The lowest BCUT2D eigenvalue weighted by Crippen LogP contribution is -2.12. The molecular formula is C13H17ClN6. The van der Waals surface area contributed by atoms with Crippen LogP contribution in [0.2, 0.25) is 5.28 Å². The van der Waals surface area contributed by atoms with E-state index in [4.69, 9.17) is 11.6 Å². The van der Waals surface area contributed by atoms with E-state index in [-0.39, 0.29) is 5.28 Å². The van der Waals surface area contributed by atoms with Crippen molar-refractivity contribution in [3.63, 3.8) is 0 Å². The molecule has 1 aliphatic rings. The predicted octanol–water partition coefficient (Wildman–Crippen LogP) is 2.41. The number of fused-ring (bicyclic) bond motifs is 1. The van der Waals surface area contributed by atoms with Crippen LogP contribution >= 0.6 is 11.6 Å². The second-order valence-electron chi connectivity index (χ2n) is 4.87. The number of anilines is 1. The van der Waals surface area contributed by atoms with Crippen molar-refractivity contribution in [2.24, 2.45) is 0 Å². The number of nitrogens with one attached hydrogen (secondary N) is 1. The molecule has 0 aliphatic heterocycles. The highest BCUT2D eigenvalue weighted by Crippen LogP contribution is 2.22. The van der Waals surface area contributed by atoms with Crippen LogP contribution in [0.3, 0.4) is 0 Å². The van der Waals surface area contributed by atoms with Crippen LogP contribution in [-0.4, -0.2) is 31.0 Å². The van der Waals surface area contributed by atoms with Crippen LogP contribution in [-0.2, 0) is 12.8 Å². The molecule has 0 amide bonds. The Morgan fingerprint density at radius 1 is 1.25 bits per heavy atom. The molecule has 0 spiro atoms. The van der Waals surface area contributed by atoms with Gasteiger partial charge in [0.25, 0.3) is 0 Å². The zero-order valence-corrected chi connectivity index (χ0v) is 12.2. The maximum absolute atomic E-state index is 5.99. The lowest BCUT2D eigenvalue weighted by molar-refractivity contribution is 0.651. The van der Waals surface area contributed by atoms with Gasteiger partial charge in [-0.3, -0.25) is 4.57 Å². The maximum atomic E-state index is 5.99. The van der Waals surface area contributed by atoms with Gasteiger partial charge in [-0.25, -0.2) is 4.98 Å². The Kier molecular flexibility index (Phi) is 3.82. The van der Waals surface area contributed by atoms with Crippen LogP contribution in [0.5, 0.6) is 0 Å². The van der Waals surface area contributed by atoms with E-state index in [1.807, 2.05) is 4.57 Å². The van der Waals surface area contributed by atoms with Crippen molar-refractivity contribution in [1.29, 1.82) is 0 Å². The summed E-state index contributed by atoms with van der Waals surface area (Å²) in [4.78, 5) is 17.2. The lowest BCUT2D eigenvalue weighted by Gasteiger charge is -2.13. The molecule has 0 atom stereocenters. The number of nitrogens with zero attached hydrogens (tertiary/aromatic N) is 5. The van der Waals surface area contributed by atoms with Crippen LogP contribution in [0, 0.1) is 0 Å². The fourth-order valence-electron chi connectivity index (χ4n) is 2.40. The molecule has 2 heterocycles. The first-order valence-electron chi connectivity index (χ1n) is 6.99. The summed E-state index contributed by atoms with van der Waals surface area (Å²) in [6, 6.07) is 0. The van der Waals surface area contributed by atoms with Gasteiger partial charge in [0.1, 0.15) is 6.33 Å². The third-order valence-corrected chi connectivity index (χ3v) is 3.54. The summed E-state index contributed by atoms with van der Waals surface area (Å²) < 4.78 is 1.93. The summed E-state index contributed by atoms with van der Waals surface area (Å²) in [7, 11) is 0. The average molecular weight is 293 g/mol. The Morgan fingerprint density at radius 3 is 2.95 bits per heavy atom. The summed E-state index contributed by atoms with van der Waals surface area (Å²) >= 11 is 5.99. The fraction of sp³-hybridized carbons (Fsp3) is 0.538. The van der Waals surface area contributed by atoms with Crippen molar-refractivity contribution >= 4 is 17.5 Å². The number of hydrogen-bond acceptors (Lipinski definition) is 5. The molecule has 6 nitrogen and oxygen atoms in total. The molecule has 0 aromatic carbocycles. The van der Waals surface area contributed by atoms with Gasteiger partial charge in [-0.2, -0.15) is 15.0 Å². The standard InChI is InChI=1S/C13H17ClN6/c1-2-7-15-12-17-11(14)18-13(19-12)20-8-16-9-5-3-4-6-10(9)20/h8H,2-7H2,1H3,(H,15,17,18,19). The van der Waals surface area contributed by atoms with Crippen molar-refractivity contribution in [2.75, 3.05) is 11.9 Å². The van der Waals surface area contributed by atoms with E-state index in [9.17, 15) is 0 Å². The first kappa shape index (κ1) is 13.3. The molecule has 106 valence electrons. The van der Waals surface area contributed by atoms with E-state index in [0.29, 0.717) is 11.9 Å². The highest BCUT2D eigenvalue weighted by atomic mass is 35.5. The molecule has 7 heteroatoms. The third kappa shape index (κ3) is 2.60. The van der Waals surface area contributed by atoms with Crippen LogP contribution in [0.4, 0.5) is 5.95 Å². The normalized spacial score (nSPS) is 14.1. The van der Waals surface area contributed by atoms with Gasteiger partial charge >= 0.3 is 0 Å². The van der Waals surface area contributed by atoms with Crippen LogP contribution in [0.25, 0.3) is 5.95 Å². The van der Waals surface area contributed by atoms with E-state index >= 15 is 0 Å². The number of imidazole rings is 1. The van der Waals surface area contributed by atoms with E-state index < -0.39 is 0 Å². The minimum Gasteiger partial charge on any atom is -0.354 e. The molecule has 1 aliphatic carbocycles. The highest BCUT2D eigenvalue weighted by Gasteiger charge is 2.18. The van der Waals surface area contributed by atoms with E-state index in [1.54, 1.807) is 6.33 Å². The summed E-state index contributed by atoms with van der Waals surface area (Å²) in [5.41, 5.74) is 2.34. The molecular weight excluding hydrogens is 276 g/mol. The lowest BCUT2D eigenvalue weighted by atomic mass is 10.0. The maximum Gasteiger partial charge on any atom is 0.241 e. The number of hydrogen-bond donors (Lipinski definition) is 1. The minimum atomic E-state index is 0.201.